The van der Waals surface area contributed by atoms with E-state index >= 15 is 0 Å². The van der Waals surface area contributed by atoms with Crippen molar-refractivity contribution in [1.29, 1.82) is 0 Å². The molecule has 0 aliphatic heterocycles. The molecular formula is C12H17N3O. The molecule has 1 aromatic heterocycles. The van der Waals surface area contributed by atoms with Gasteiger partial charge >= 0.3 is 6.01 Å². The van der Waals surface area contributed by atoms with Crippen molar-refractivity contribution < 1.29 is 4.74 Å². The highest BCUT2D eigenvalue weighted by atomic mass is 16.5. The molecule has 0 amide bonds. The number of rotatable bonds is 4. The lowest BCUT2D eigenvalue weighted by molar-refractivity contribution is 0.281. The molecule has 0 radical (unpaired) electrons. The Balaban J connectivity index is 2.50. The van der Waals surface area contributed by atoms with Gasteiger partial charge in [-0.1, -0.05) is 19.1 Å². The molecule has 2 rings (SSSR count). The molecule has 0 fully saturated rings. The Kier molecular flexibility index (Phi) is 2.99. The fourth-order valence-electron chi connectivity index (χ4n) is 1.66. The van der Waals surface area contributed by atoms with E-state index in [2.05, 4.69) is 11.9 Å². The number of hydrogen-bond acceptors (Lipinski definition) is 3. The van der Waals surface area contributed by atoms with Crippen LogP contribution in [0, 0.1) is 0 Å². The van der Waals surface area contributed by atoms with E-state index in [-0.39, 0.29) is 0 Å². The summed E-state index contributed by atoms with van der Waals surface area (Å²) in [6.45, 7) is 2.78. The zero-order chi connectivity index (χ0) is 11.5. The van der Waals surface area contributed by atoms with Crippen LogP contribution < -0.4 is 9.75 Å². The number of ether oxygens (including phenoxy) is 1. The molecule has 86 valence electrons. The van der Waals surface area contributed by atoms with Crippen LogP contribution in [0.5, 0.6) is 6.01 Å². The van der Waals surface area contributed by atoms with Crippen molar-refractivity contribution in [1.82, 2.24) is 9.66 Å². The monoisotopic (exact) mass is 219 g/mol. The van der Waals surface area contributed by atoms with E-state index in [1.165, 1.54) is 0 Å². The summed E-state index contributed by atoms with van der Waals surface area (Å²) in [6.07, 6.45) is 0.983. The van der Waals surface area contributed by atoms with E-state index in [1.54, 1.807) is 0 Å². The van der Waals surface area contributed by atoms with Crippen molar-refractivity contribution in [2.45, 2.75) is 13.3 Å². The van der Waals surface area contributed by atoms with Crippen molar-refractivity contribution in [3.05, 3.63) is 24.3 Å². The highest BCUT2D eigenvalue weighted by Gasteiger charge is 2.12. The molecule has 1 heterocycles. The Morgan fingerprint density at radius 2 is 2.06 bits per heavy atom. The van der Waals surface area contributed by atoms with Crippen LogP contribution in [0.4, 0.5) is 0 Å². The van der Waals surface area contributed by atoms with Crippen LogP contribution in [0.1, 0.15) is 13.3 Å². The molecule has 0 spiro atoms. The van der Waals surface area contributed by atoms with Crippen molar-refractivity contribution in [2.75, 3.05) is 25.7 Å². The number of nitrogens with zero attached hydrogens (tertiary/aromatic N) is 3. The third-order valence-electron chi connectivity index (χ3n) is 2.34. The average Bonchev–Trinajstić information content (AvgIpc) is 2.64. The lowest BCUT2D eigenvalue weighted by atomic mass is 10.3. The van der Waals surface area contributed by atoms with Crippen molar-refractivity contribution >= 4 is 11.0 Å². The van der Waals surface area contributed by atoms with Crippen LogP contribution in [-0.2, 0) is 0 Å². The van der Waals surface area contributed by atoms with Gasteiger partial charge in [-0.25, -0.2) is 4.68 Å². The molecular weight excluding hydrogens is 202 g/mol. The quantitative estimate of drug-likeness (QED) is 0.788. The third kappa shape index (κ3) is 1.83. The standard InChI is InChI=1S/C12H17N3O/c1-4-9-16-12-13-10-7-5-6-8-11(10)15(12)14(2)3/h5-8H,4,9H2,1-3H3. The van der Waals surface area contributed by atoms with Crippen molar-refractivity contribution in [3.63, 3.8) is 0 Å². The van der Waals surface area contributed by atoms with Gasteiger partial charge in [0.15, 0.2) is 0 Å². The molecule has 2 aromatic rings. The second-order valence-corrected chi connectivity index (χ2v) is 3.89. The first-order valence-electron chi connectivity index (χ1n) is 5.52. The van der Waals surface area contributed by atoms with Crippen molar-refractivity contribution in [2.24, 2.45) is 0 Å². The molecule has 0 bridgehead atoms. The second-order valence-electron chi connectivity index (χ2n) is 3.89. The van der Waals surface area contributed by atoms with Crippen LogP contribution in [-0.4, -0.2) is 30.4 Å². The summed E-state index contributed by atoms with van der Waals surface area (Å²) in [7, 11) is 3.96. The van der Waals surface area contributed by atoms with Gasteiger partial charge in [0.25, 0.3) is 0 Å². The molecule has 4 heteroatoms. The fraction of sp³-hybridized carbons (Fsp3) is 0.417. The molecule has 0 aliphatic rings. The largest absolute Gasteiger partial charge is 0.463 e. The summed E-state index contributed by atoms with van der Waals surface area (Å²) in [5, 5.41) is 1.97. The summed E-state index contributed by atoms with van der Waals surface area (Å²) < 4.78 is 7.62. The number of imidazole rings is 1. The Labute approximate surface area is 95.4 Å². The third-order valence-corrected chi connectivity index (χ3v) is 2.34. The first kappa shape index (κ1) is 10.8. The zero-order valence-corrected chi connectivity index (χ0v) is 9.97. The molecule has 0 saturated heterocycles. The molecule has 0 saturated carbocycles. The Morgan fingerprint density at radius 1 is 1.31 bits per heavy atom. The van der Waals surface area contributed by atoms with Gasteiger partial charge in [0.2, 0.25) is 0 Å². The van der Waals surface area contributed by atoms with Crippen LogP contribution in [0.3, 0.4) is 0 Å². The minimum Gasteiger partial charge on any atom is -0.463 e. The maximum atomic E-state index is 5.64. The highest BCUT2D eigenvalue weighted by molar-refractivity contribution is 5.77. The molecule has 16 heavy (non-hydrogen) atoms. The first-order valence-corrected chi connectivity index (χ1v) is 5.52. The second kappa shape index (κ2) is 4.43. The Morgan fingerprint density at radius 3 is 2.75 bits per heavy atom. The van der Waals surface area contributed by atoms with Crippen LogP contribution in [0.15, 0.2) is 24.3 Å². The minimum atomic E-state index is 0.660. The molecule has 0 unspecified atom stereocenters. The Hall–Kier alpha value is -1.71. The number of benzene rings is 1. The van der Waals surface area contributed by atoms with Crippen LogP contribution in [0.2, 0.25) is 0 Å². The topological polar surface area (TPSA) is 30.3 Å². The summed E-state index contributed by atoms with van der Waals surface area (Å²) in [5.74, 6) is 0. The van der Waals surface area contributed by atoms with Gasteiger partial charge in [-0.15, -0.1) is 0 Å². The summed E-state index contributed by atoms with van der Waals surface area (Å²) in [5.41, 5.74) is 2.03. The van der Waals surface area contributed by atoms with Gasteiger partial charge in [0, 0.05) is 14.1 Å². The smallest absolute Gasteiger partial charge is 0.316 e. The number of hydrogen-bond donors (Lipinski definition) is 0. The van der Waals surface area contributed by atoms with E-state index in [4.69, 9.17) is 4.74 Å². The molecule has 4 nitrogen and oxygen atoms in total. The Bertz CT molecular complexity index is 476. The number of fused-ring (bicyclic) bond motifs is 1. The minimum absolute atomic E-state index is 0.660. The summed E-state index contributed by atoms with van der Waals surface area (Å²) >= 11 is 0. The van der Waals surface area contributed by atoms with E-state index in [0.717, 1.165) is 17.5 Å². The maximum absolute atomic E-state index is 5.64. The summed E-state index contributed by atoms with van der Waals surface area (Å²) in [4.78, 5) is 4.47. The normalized spacial score (nSPS) is 10.7. The van der Waals surface area contributed by atoms with E-state index in [1.807, 2.05) is 48.0 Å². The van der Waals surface area contributed by atoms with Gasteiger partial charge in [0.1, 0.15) is 0 Å². The lowest BCUT2D eigenvalue weighted by Crippen LogP contribution is -2.25. The SMILES string of the molecule is CCCOc1nc2ccccc2n1N(C)C. The van der Waals surface area contributed by atoms with Gasteiger partial charge in [-0.2, -0.15) is 4.98 Å². The van der Waals surface area contributed by atoms with E-state index < -0.39 is 0 Å². The number of para-hydroxylation sites is 2. The molecule has 0 atom stereocenters. The first-order chi connectivity index (χ1) is 7.74. The zero-order valence-electron chi connectivity index (χ0n) is 9.97. The summed E-state index contributed by atoms with van der Waals surface area (Å²) in [6, 6.07) is 8.69. The van der Waals surface area contributed by atoms with Crippen LogP contribution >= 0.6 is 0 Å². The number of aromatic nitrogens is 2. The molecule has 1 aromatic carbocycles. The highest BCUT2D eigenvalue weighted by Crippen LogP contribution is 2.20. The molecule has 0 aliphatic carbocycles. The van der Waals surface area contributed by atoms with Crippen molar-refractivity contribution in [3.8, 4) is 6.01 Å². The molecule has 0 N–H and O–H groups in total. The lowest BCUT2D eigenvalue weighted by Gasteiger charge is -2.17. The van der Waals surface area contributed by atoms with Gasteiger partial charge in [0.05, 0.1) is 17.6 Å². The van der Waals surface area contributed by atoms with Gasteiger partial charge in [-0.3, -0.25) is 0 Å². The maximum Gasteiger partial charge on any atom is 0.316 e. The van der Waals surface area contributed by atoms with Gasteiger partial charge in [-0.05, 0) is 18.6 Å². The predicted molar refractivity (Wildman–Crippen MR) is 65.6 cm³/mol. The van der Waals surface area contributed by atoms with E-state index in [9.17, 15) is 0 Å². The predicted octanol–water partition coefficient (Wildman–Crippen LogP) is 2.02. The van der Waals surface area contributed by atoms with Crippen LogP contribution in [0.25, 0.3) is 11.0 Å². The van der Waals surface area contributed by atoms with E-state index in [0.29, 0.717) is 12.6 Å². The average molecular weight is 219 g/mol. The van der Waals surface area contributed by atoms with Gasteiger partial charge < -0.3 is 9.75 Å². The fourth-order valence-corrected chi connectivity index (χ4v) is 1.66.